The van der Waals surface area contributed by atoms with Gasteiger partial charge in [-0.15, -0.1) is 11.3 Å². The van der Waals surface area contributed by atoms with Crippen LogP contribution in [0.1, 0.15) is 39.5 Å². The number of rotatable bonds is 4. The molecule has 16 heavy (non-hydrogen) atoms. The van der Waals surface area contributed by atoms with Gasteiger partial charge in [0.1, 0.15) is 5.60 Å². The number of hydrogen-bond donors (Lipinski definition) is 2. The average Bonchev–Trinajstić information content (AvgIpc) is 2.65. The van der Waals surface area contributed by atoms with Gasteiger partial charge in [-0.25, -0.2) is 0 Å². The molecule has 0 fully saturated rings. The van der Waals surface area contributed by atoms with Crippen LogP contribution in [0.25, 0.3) is 0 Å². The highest BCUT2D eigenvalue weighted by atomic mass is 32.1. The summed E-state index contributed by atoms with van der Waals surface area (Å²) in [6.45, 7) is 11.2. The molecule has 1 rings (SSSR count). The van der Waals surface area contributed by atoms with E-state index in [-0.39, 0.29) is 5.41 Å². The van der Waals surface area contributed by atoms with Crippen molar-refractivity contribution in [2.24, 2.45) is 5.41 Å². The quantitative estimate of drug-likeness (QED) is 0.849. The molecule has 1 aromatic heterocycles. The van der Waals surface area contributed by atoms with Gasteiger partial charge in [-0.05, 0) is 30.7 Å². The summed E-state index contributed by atoms with van der Waals surface area (Å²) in [5, 5.41) is 15.7. The fourth-order valence-electron chi connectivity index (χ4n) is 1.33. The average molecular weight is 241 g/mol. The van der Waals surface area contributed by atoms with Crippen LogP contribution in [-0.4, -0.2) is 17.7 Å². The molecule has 0 aliphatic rings. The van der Waals surface area contributed by atoms with Crippen molar-refractivity contribution < 1.29 is 5.11 Å². The number of aliphatic hydroxyl groups is 1. The van der Waals surface area contributed by atoms with Gasteiger partial charge in [0.05, 0.1) is 0 Å². The summed E-state index contributed by atoms with van der Waals surface area (Å²) in [5.41, 5.74) is -0.556. The van der Waals surface area contributed by atoms with E-state index in [1.54, 1.807) is 11.3 Å². The molecule has 2 N–H and O–H groups in total. The second kappa shape index (κ2) is 4.86. The zero-order chi connectivity index (χ0) is 12.4. The summed E-state index contributed by atoms with van der Waals surface area (Å²) in [5.74, 6) is 0. The Labute approximate surface area is 103 Å². The largest absolute Gasteiger partial charge is 0.383 e. The first-order valence-corrected chi connectivity index (χ1v) is 6.61. The van der Waals surface area contributed by atoms with E-state index in [9.17, 15) is 5.11 Å². The zero-order valence-electron chi connectivity index (χ0n) is 10.9. The molecule has 0 saturated heterocycles. The van der Waals surface area contributed by atoms with Gasteiger partial charge < -0.3 is 10.4 Å². The van der Waals surface area contributed by atoms with Crippen molar-refractivity contribution in [1.82, 2.24) is 5.32 Å². The molecule has 0 radical (unpaired) electrons. The maximum atomic E-state index is 10.3. The van der Waals surface area contributed by atoms with Crippen molar-refractivity contribution in [3.63, 3.8) is 0 Å². The molecule has 2 atom stereocenters. The highest BCUT2D eigenvalue weighted by molar-refractivity contribution is 7.10. The fraction of sp³-hybridized carbons (Fsp3) is 0.692. The minimum atomic E-state index is -0.770. The Kier molecular flexibility index (Phi) is 4.16. The minimum absolute atomic E-state index is 0.214. The molecule has 0 amide bonds. The highest BCUT2D eigenvalue weighted by Gasteiger charge is 2.27. The molecule has 0 aliphatic carbocycles. The van der Waals surface area contributed by atoms with Crippen LogP contribution in [0.5, 0.6) is 0 Å². The highest BCUT2D eigenvalue weighted by Crippen LogP contribution is 2.26. The summed E-state index contributed by atoms with van der Waals surface area (Å²) in [7, 11) is 0. The monoisotopic (exact) mass is 241 g/mol. The molecular weight excluding hydrogens is 218 g/mol. The summed E-state index contributed by atoms with van der Waals surface area (Å²) in [6, 6.07) is 4.33. The van der Waals surface area contributed by atoms with E-state index in [1.165, 1.54) is 0 Å². The third-order valence-corrected chi connectivity index (χ3v) is 4.23. The van der Waals surface area contributed by atoms with Crippen molar-refractivity contribution >= 4 is 11.3 Å². The van der Waals surface area contributed by atoms with Gasteiger partial charge in [-0.2, -0.15) is 0 Å². The molecule has 0 spiro atoms. The Morgan fingerprint density at radius 3 is 2.44 bits per heavy atom. The molecule has 2 nitrogen and oxygen atoms in total. The van der Waals surface area contributed by atoms with E-state index in [0.29, 0.717) is 12.6 Å². The van der Waals surface area contributed by atoms with Crippen LogP contribution in [0.15, 0.2) is 17.5 Å². The van der Waals surface area contributed by atoms with Crippen molar-refractivity contribution in [3.05, 3.63) is 22.4 Å². The molecule has 2 unspecified atom stereocenters. The Balaban J connectivity index is 2.55. The van der Waals surface area contributed by atoms with Gasteiger partial charge in [0, 0.05) is 17.5 Å². The van der Waals surface area contributed by atoms with Crippen molar-refractivity contribution in [2.75, 3.05) is 6.54 Å². The smallest absolute Gasteiger partial charge is 0.108 e. The fourth-order valence-corrected chi connectivity index (χ4v) is 2.12. The Morgan fingerprint density at radius 1 is 1.38 bits per heavy atom. The number of nitrogens with one attached hydrogen (secondary N) is 1. The predicted octanol–water partition coefficient (Wildman–Crippen LogP) is 2.98. The Hall–Kier alpha value is -0.380. The first kappa shape index (κ1) is 13.7. The van der Waals surface area contributed by atoms with Gasteiger partial charge in [-0.1, -0.05) is 26.8 Å². The lowest BCUT2D eigenvalue weighted by Gasteiger charge is -2.32. The third kappa shape index (κ3) is 3.58. The molecule has 0 bridgehead atoms. The summed E-state index contributed by atoms with van der Waals surface area (Å²) >= 11 is 1.60. The zero-order valence-corrected chi connectivity index (χ0v) is 11.7. The van der Waals surface area contributed by atoms with Gasteiger partial charge in [0.25, 0.3) is 0 Å². The lowest BCUT2D eigenvalue weighted by molar-refractivity contribution is 0.0531. The molecular formula is C13H23NOS. The minimum Gasteiger partial charge on any atom is -0.383 e. The van der Waals surface area contributed by atoms with Crippen molar-refractivity contribution in [2.45, 2.75) is 46.3 Å². The first-order chi connectivity index (χ1) is 7.23. The molecule has 1 heterocycles. The third-order valence-electron chi connectivity index (χ3n) is 3.10. The molecule has 1 aromatic rings. The van der Waals surface area contributed by atoms with Gasteiger partial charge >= 0.3 is 0 Å². The van der Waals surface area contributed by atoms with Crippen molar-refractivity contribution in [3.8, 4) is 0 Å². The van der Waals surface area contributed by atoms with Crippen LogP contribution in [0.3, 0.4) is 0 Å². The number of hydrogen-bond acceptors (Lipinski definition) is 3. The second-order valence-electron chi connectivity index (χ2n) is 5.72. The summed E-state index contributed by atoms with van der Waals surface area (Å²) in [4.78, 5) is 1.01. The SMILES string of the molecule is CC(NCC(C)(O)c1cccs1)C(C)(C)C. The second-order valence-corrected chi connectivity index (χ2v) is 6.67. The molecule has 0 aliphatic heterocycles. The Bertz CT molecular complexity index is 311. The van der Waals surface area contributed by atoms with Crippen LogP contribution in [-0.2, 0) is 5.60 Å². The normalized spacial score (nSPS) is 18.1. The van der Waals surface area contributed by atoms with Gasteiger partial charge in [0.15, 0.2) is 0 Å². The molecule has 0 saturated carbocycles. The van der Waals surface area contributed by atoms with Crippen LogP contribution in [0.4, 0.5) is 0 Å². The maximum Gasteiger partial charge on any atom is 0.108 e. The Morgan fingerprint density at radius 2 is 2.00 bits per heavy atom. The topological polar surface area (TPSA) is 32.3 Å². The van der Waals surface area contributed by atoms with Crippen molar-refractivity contribution in [1.29, 1.82) is 0 Å². The predicted molar refractivity (Wildman–Crippen MR) is 70.8 cm³/mol. The lowest BCUT2D eigenvalue weighted by atomic mass is 9.87. The van der Waals surface area contributed by atoms with Crippen LogP contribution in [0, 0.1) is 5.41 Å². The van der Waals surface area contributed by atoms with E-state index in [0.717, 1.165) is 4.88 Å². The van der Waals surface area contributed by atoms with E-state index in [2.05, 4.69) is 33.0 Å². The molecule has 0 aromatic carbocycles. The molecule has 92 valence electrons. The van der Waals surface area contributed by atoms with Crippen LogP contribution >= 0.6 is 11.3 Å². The standard InChI is InChI=1S/C13H23NOS/c1-10(12(2,3)4)14-9-13(5,15)11-7-6-8-16-11/h6-8,10,14-15H,9H2,1-5H3. The van der Waals surface area contributed by atoms with Gasteiger partial charge in [0.2, 0.25) is 0 Å². The van der Waals surface area contributed by atoms with E-state index < -0.39 is 5.60 Å². The lowest BCUT2D eigenvalue weighted by Crippen LogP contribution is -2.44. The maximum absolute atomic E-state index is 10.3. The van der Waals surface area contributed by atoms with E-state index >= 15 is 0 Å². The first-order valence-electron chi connectivity index (χ1n) is 5.73. The van der Waals surface area contributed by atoms with E-state index in [4.69, 9.17) is 0 Å². The van der Waals surface area contributed by atoms with Crippen LogP contribution in [0.2, 0.25) is 0 Å². The van der Waals surface area contributed by atoms with E-state index in [1.807, 2.05) is 24.4 Å². The summed E-state index contributed by atoms with van der Waals surface area (Å²) < 4.78 is 0. The summed E-state index contributed by atoms with van der Waals surface area (Å²) in [6.07, 6.45) is 0. The molecule has 3 heteroatoms. The number of thiophene rings is 1. The van der Waals surface area contributed by atoms with Crippen LogP contribution < -0.4 is 5.32 Å². The van der Waals surface area contributed by atoms with Gasteiger partial charge in [-0.3, -0.25) is 0 Å².